The van der Waals surface area contributed by atoms with E-state index in [0.29, 0.717) is 12.0 Å². The van der Waals surface area contributed by atoms with Crippen LogP contribution in [0.25, 0.3) is 0 Å². The van der Waals surface area contributed by atoms with E-state index in [1.165, 1.54) is 0 Å². The molecule has 0 aliphatic carbocycles. The summed E-state index contributed by atoms with van der Waals surface area (Å²) in [5, 5.41) is 7.38. The molecule has 16 heavy (non-hydrogen) atoms. The third-order valence-corrected chi connectivity index (χ3v) is 3.00. The fourth-order valence-corrected chi connectivity index (χ4v) is 1.93. The predicted octanol–water partition coefficient (Wildman–Crippen LogP) is 2.11. The third-order valence-electron chi connectivity index (χ3n) is 2.45. The summed E-state index contributed by atoms with van der Waals surface area (Å²) < 4.78 is 5.23. The minimum absolute atomic E-state index is 0.410. The quantitative estimate of drug-likeness (QED) is 0.795. The van der Waals surface area contributed by atoms with Crippen molar-refractivity contribution in [3.8, 4) is 0 Å². The van der Waals surface area contributed by atoms with Crippen LogP contribution in [0.5, 0.6) is 0 Å². The number of likely N-dealkylation sites (N-methyl/N-ethyl adjacent to an activating group) is 1. The topological polar surface area (TPSA) is 51.0 Å². The first-order valence-corrected chi connectivity index (χ1v) is 7.10. The first-order valence-electron chi connectivity index (χ1n) is 5.71. The lowest BCUT2D eigenvalue weighted by Gasteiger charge is -2.19. The van der Waals surface area contributed by atoms with Gasteiger partial charge in [0.2, 0.25) is 5.89 Å². The van der Waals surface area contributed by atoms with Gasteiger partial charge in [0.1, 0.15) is 0 Å². The van der Waals surface area contributed by atoms with Gasteiger partial charge in [-0.1, -0.05) is 25.9 Å². The van der Waals surface area contributed by atoms with Crippen LogP contribution in [0, 0.1) is 5.92 Å². The van der Waals surface area contributed by atoms with Crippen molar-refractivity contribution in [2.75, 3.05) is 12.8 Å². The van der Waals surface area contributed by atoms with E-state index < -0.39 is 0 Å². The highest BCUT2D eigenvalue weighted by atomic mass is 32.2. The van der Waals surface area contributed by atoms with Crippen molar-refractivity contribution in [3.05, 3.63) is 11.7 Å². The summed E-state index contributed by atoms with van der Waals surface area (Å²) in [5.41, 5.74) is 0. The largest absolute Gasteiger partial charge is 0.339 e. The summed E-state index contributed by atoms with van der Waals surface area (Å²) in [5.74, 6) is 2.91. The Labute approximate surface area is 102 Å². The van der Waals surface area contributed by atoms with Gasteiger partial charge in [0.25, 0.3) is 0 Å². The SMILES string of the molecule is CCNC(Cc1nc(CSC)no1)C(C)C. The summed E-state index contributed by atoms with van der Waals surface area (Å²) in [4.78, 5) is 4.37. The average molecular weight is 243 g/mol. The zero-order valence-electron chi connectivity index (χ0n) is 10.5. The van der Waals surface area contributed by atoms with E-state index in [1.54, 1.807) is 11.8 Å². The molecule has 5 heteroatoms. The third kappa shape index (κ3) is 4.14. The highest BCUT2D eigenvalue weighted by Gasteiger charge is 2.16. The standard InChI is InChI=1S/C11H21N3OS/c1-5-12-9(8(2)3)6-11-13-10(7-16-4)14-15-11/h8-9,12H,5-7H2,1-4H3. The molecule has 0 bridgehead atoms. The van der Waals surface area contributed by atoms with Crippen LogP contribution < -0.4 is 5.32 Å². The van der Waals surface area contributed by atoms with Gasteiger partial charge < -0.3 is 9.84 Å². The Kier molecular flexibility index (Phi) is 5.84. The predicted molar refractivity (Wildman–Crippen MR) is 67.5 cm³/mol. The van der Waals surface area contributed by atoms with E-state index in [4.69, 9.17) is 4.52 Å². The van der Waals surface area contributed by atoms with Crippen LogP contribution >= 0.6 is 11.8 Å². The summed E-state index contributed by atoms with van der Waals surface area (Å²) >= 11 is 1.70. The number of hydrogen-bond donors (Lipinski definition) is 1. The fraction of sp³-hybridized carbons (Fsp3) is 0.818. The summed E-state index contributed by atoms with van der Waals surface area (Å²) in [6, 6.07) is 0.410. The Morgan fingerprint density at radius 2 is 2.19 bits per heavy atom. The Bertz CT molecular complexity index is 301. The van der Waals surface area contributed by atoms with Gasteiger partial charge in [0, 0.05) is 12.5 Å². The molecule has 0 saturated carbocycles. The van der Waals surface area contributed by atoms with E-state index in [9.17, 15) is 0 Å². The molecule has 0 spiro atoms. The highest BCUT2D eigenvalue weighted by Crippen LogP contribution is 2.11. The van der Waals surface area contributed by atoms with Crippen LogP contribution in [-0.4, -0.2) is 29.0 Å². The molecule has 4 nitrogen and oxygen atoms in total. The monoisotopic (exact) mass is 243 g/mol. The zero-order chi connectivity index (χ0) is 12.0. The maximum absolute atomic E-state index is 5.23. The lowest BCUT2D eigenvalue weighted by Crippen LogP contribution is -2.35. The Balaban J connectivity index is 2.55. The molecule has 1 aromatic heterocycles. The molecule has 1 N–H and O–H groups in total. The Morgan fingerprint density at radius 3 is 2.75 bits per heavy atom. The Hall–Kier alpha value is -0.550. The average Bonchev–Trinajstić information content (AvgIpc) is 2.65. The Morgan fingerprint density at radius 1 is 1.44 bits per heavy atom. The molecule has 1 atom stereocenters. The molecule has 92 valence electrons. The molecule has 1 rings (SSSR count). The van der Waals surface area contributed by atoms with Crippen molar-refractivity contribution in [2.24, 2.45) is 5.92 Å². The minimum atomic E-state index is 0.410. The van der Waals surface area contributed by atoms with Gasteiger partial charge in [-0.05, 0) is 18.7 Å². The minimum Gasteiger partial charge on any atom is -0.339 e. The zero-order valence-corrected chi connectivity index (χ0v) is 11.3. The van der Waals surface area contributed by atoms with Crippen molar-refractivity contribution < 1.29 is 4.52 Å². The first-order chi connectivity index (χ1) is 7.67. The smallest absolute Gasteiger partial charge is 0.228 e. The second-order valence-electron chi connectivity index (χ2n) is 4.15. The molecule has 0 aliphatic rings. The van der Waals surface area contributed by atoms with Crippen molar-refractivity contribution in [1.82, 2.24) is 15.5 Å². The van der Waals surface area contributed by atoms with Crippen LogP contribution in [0.4, 0.5) is 0 Å². The maximum atomic E-state index is 5.23. The van der Waals surface area contributed by atoms with Crippen molar-refractivity contribution >= 4 is 11.8 Å². The molecule has 0 amide bonds. The van der Waals surface area contributed by atoms with Crippen LogP contribution in [0.2, 0.25) is 0 Å². The number of hydrogen-bond acceptors (Lipinski definition) is 5. The van der Waals surface area contributed by atoms with Crippen LogP contribution in [0.1, 0.15) is 32.5 Å². The van der Waals surface area contributed by atoms with Gasteiger partial charge in [-0.15, -0.1) is 0 Å². The second kappa shape index (κ2) is 6.91. The lowest BCUT2D eigenvalue weighted by molar-refractivity contribution is 0.327. The normalized spacial score (nSPS) is 13.3. The molecule has 0 aromatic carbocycles. The van der Waals surface area contributed by atoms with Gasteiger partial charge >= 0.3 is 0 Å². The second-order valence-corrected chi connectivity index (χ2v) is 5.02. The number of nitrogens with one attached hydrogen (secondary N) is 1. The maximum Gasteiger partial charge on any atom is 0.228 e. The van der Waals surface area contributed by atoms with E-state index in [0.717, 1.165) is 30.4 Å². The molecule has 0 radical (unpaired) electrons. The van der Waals surface area contributed by atoms with Crippen LogP contribution in [-0.2, 0) is 12.2 Å². The molecular weight excluding hydrogens is 222 g/mol. The van der Waals surface area contributed by atoms with E-state index in [1.807, 2.05) is 6.26 Å². The highest BCUT2D eigenvalue weighted by molar-refractivity contribution is 7.97. The van der Waals surface area contributed by atoms with Gasteiger partial charge in [0.15, 0.2) is 5.82 Å². The molecule has 1 unspecified atom stereocenters. The lowest BCUT2D eigenvalue weighted by atomic mass is 10.0. The summed E-state index contributed by atoms with van der Waals surface area (Å²) in [7, 11) is 0. The molecule has 0 aliphatic heterocycles. The van der Waals surface area contributed by atoms with Crippen LogP contribution in [0.3, 0.4) is 0 Å². The molecule has 1 heterocycles. The van der Waals surface area contributed by atoms with Gasteiger partial charge in [-0.25, -0.2) is 0 Å². The van der Waals surface area contributed by atoms with Gasteiger partial charge in [-0.3, -0.25) is 0 Å². The van der Waals surface area contributed by atoms with Crippen molar-refractivity contribution in [3.63, 3.8) is 0 Å². The number of aromatic nitrogens is 2. The molecule has 0 saturated heterocycles. The molecule has 1 aromatic rings. The van der Waals surface area contributed by atoms with Crippen LogP contribution in [0.15, 0.2) is 4.52 Å². The number of nitrogens with zero attached hydrogens (tertiary/aromatic N) is 2. The molecular formula is C11H21N3OS. The number of rotatable bonds is 7. The summed E-state index contributed by atoms with van der Waals surface area (Å²) in [6.07, 6.45) is 2.85. The fourth-order valence-electron chi connectivity index (χ4n) is 1.55. The van der Waals surface area contributed by atoms with Gasteiger partial charge in [0.05, 0.1) is 5.75 Å². The number of thioether (sulfide) groups is 1. The van der Waals surface area contributed by atoms with E-state index in [2.05, 4.69) is 36.2 Å². The van der Waals surface area contributed by atoms with Gasteiger partial charge in [-0.2, -0.15) is 16.7 Å². The molecule has 0 fully saturated rings. The first kappa shape index (κ1) is 13.5. The van der Waals surface area contributed by atoms with Crippen molar-refractivity contribution in [1.29, 1.82) is 0 Å². The van der Waals surface area contributed by atoms with E-state index >= 15 is 0 Å². The van der Waals surface area contributed by atoms with E-state index in [-0.39, 0.29) is 0 Å². The van der Waals surface area contributed by atoms with Crippen molar-refractivity contribution in [2.45, 2.75) is 39.0 Å². The summed E-state index contributed by atoms with van der Waals surface area (Å²) in [6.45, 7) is 7.48.